The summed E-state index contributed by atoms with van der Waals surface area (Å²) in [6.45, 7) is 0.862. The second-order valence-electron chi connectivity index (χ2n) is 4.80. The Balaban J connectivity index is 2.19. The normalized spacial score (nSPS) is 18.7. The number of piperidine rings is 1. The van der Waals surface area contributed by atoms with Crippen LogP contribution in [0.3, 0.4) is 0 Å². The minimum absolute atomic E-state index is 0.0407. The lowest BCUT2D eigenvalue weighted by molar-refractivity contribution is 0.0595. The summed E-state index contributed by atoms with van der Waals surface area (Å²) >= 11 is 0. The molecule has 0 aromatic heterocycles. The molecule has 0 saturated carbocycles. The van der Waals surface area contributed by atoms with Crippen LogP contribution in [0.4, 0.5) is 9.18 Å². The smallest absolute Gasteiger partial charge is 0.407 e. The Bertz CT molecular complexity index is 532. The van der Waals surface area contributed by atoms with Crippen molar-refractivity contribution in [2.75, 3.05) is 20.2 Å². The van der Waals surface area contributed by atoms with Gasteiger partial charge in [-0.3, -0.25) is 0 Å². The Morgan fingerprint density at radius 1 is 1.45 bits per heavy atom. The van der Waals surface area contributed by atoms with E-state index in [1.807, 2.05) is 0 Å². The number of carbonyl (C=O) groups excluding carboxylic acids is 1. The first-order valence-corrected chi connectivity index (χ1v) is 6.38. The SMILES string of the molecule is COC(=O)c1ccc(C2CCCN(C(=O)O)C2)cc1F. The van der Waals surface area contributed by atoms with Gasteiger partial charge in [-0.1, -0.05) is 6.07 Å². The minimum atomic E-state index is -0.957. The van der Waals surface area contributed by atoms with Crippen LogP contribution < -0.4 is 0 Å². The van der Waals surface area contributed by atoms with Gasteiger partial charge in [-0.2, -0.15) is 0 Å². The highest BCUT2D eigenvalue weighted by molar-refractivity contribution is 5.89. The molecule has 1 unspecified atom stereocenters. The summed E-state index contributed by atoms with van der Waals surface area (Å²) in [5.41, 5.74) is 0.600. The molecule has 1 aromatic rings. The van der Waals surface area contributed by atoms with Crippen LogP contribution in [0.25, 0.3) is 0 Å². The Kier molecular flexibility index (Phi) is 4.22. The molecule has 0 spiro atoms. The van der Waals surface area contributed by atoms with E-state index in [2.05, 4.69) is 4.74 Å². The van der Waals surface area contributed by atoms with E-state index in [1.54, 1.807) is 6.07 Å². The third-order valence-corrected chi connectivity index (χ3v) is 3.56. The highest BCUT2D eigenvalue weighted by Gasteiger charge is 2.25. The van der Waals surface area contributed by atoms with Crippen molar-refractivity contribution in [3.63, 3.8) is 0 Å². The Morgan fingerprint density at radius 3 is 2.80 bits per heavy atom. The first-order valence-electron chi connectivity index (χ1n) is 6.38. The number of esters is 1. The maximum atomic E-state index is 13.9. The average Bonchev–Trinajstić information content (AvgIpc) is 2.46. The number of amides is 1. The molecule has 0 bridgehead atoms. The monoisotopic (exact) mass is 281 g/mol. The fourth-order valence-corrected chi connectivity index (χ4v) is 2.48. The number of likely N-dealkylation sites (tertiary alicyclic amines) is 1. The van der Waals surface area contributed by atoms with Crippen molar-refractivity contribution in [2.45, 2.75) is 18.8 Å². The van der Waals surface area contributed by atoms with Gasteiger partial charge in [-0.05, 0) is 30.5 Å². The Hall–Kier alpha value is -2.11. The van der Waals surface area contributed by atoms with Crippen LogP contribution in [0, 0.1) is 5.82 Å². The quantitative estimate of drug-likeness (QED) is 0.846. The lowest BCUT2D eigenvalue weighted by Gasteiger charge is -2.31. The number of nitrogens with zero attached hydrogens (tertiary/aromatic N) is 1. The number of ether oxygens (including phenoxy) is 1. The van der Waals surface area contributed by atoms with Gasteiger partial charge in [0.25, 0.3) is 0 Å². The summed E-state index contributed by atoms with van der Waals surface area (Å²) in [7, 11) is 1.20. The summed E-state index contributed by atoms with van der Waals surface area (Å²) in [6, 6.07) is 4.34. The summed E-state index contributed by atoms with van der Waals surface area (Å²) in [5, 5.41) is 9.00. The van der Waals surface area contributed by atoms with Crippen LogP contribution in [0.15, 0.2) is 18.2 Å². The van der Waals surface area contributed by atoms with Crippen molar-refractivity contribution in [3.05, 3.63) is 35.1 Å². The fourth-order valence-electron chi connectivity index (χ4n) is 2.48. The number of hydrogen-bond donors (Lipinski definition) is 1. The molecule has 6 heteroatoms. The van der Waals surface area contributed by atoms with Crippen molar-refractivity contribution in [3.8, 4) is 0 Å². The van der Waals surface area contributed by atoms with Crippen molar-refractivity contribution in [1.29, 1.82) is 0 Å². The van der Waals surface area contributed by atoms with Gasteiger partial charge in [0.15, 0.2) is 0 Å². The van der Waals surface area contributed by atoms with Crippen molar-refractivity contribution in [2.24, 2.45) is 0 Å². The zero-order valence-corrected chi connectivity index (χ0v) is 11.1. The molecule has 1 heterocycles. The molecule has 1 amide bonds. The average molecular weight is 281 g/mol. The Morgan fingerprint density at radius 2 is 2.20 bits per heavy atom. The molecular weight excluding hydrogens is 265 g/mol. The first kappa shape index (κ1) is 14.3. The van der Waals surface area contributed by atoms with Crippen molar-refractivity contribution >= 4 is 12.1 Å². The first-order chi connectivity index (χ1) is 9.52. The van der Waals surface area contributed by atoms with Gasteiger partial charge in [-0.25, -0.2) is 14.0 Å². The van der Waals surface area contributed by atoms with E-state index in [4.69, 9.17) is 5.11 Å². The van der Waals surface area contributed by atoms with Gasteiger partial charge in [0.1, 0.15) is 5.82 Å². The largest absolute Gasteiger partial charge is 0.465 e. The highest BCUT2D eigenvalue weighted by atomic mass is 19.1. The van der Waals surface area contributed by atoms with Crippen LogP contribution in [-0.2, 0) is 4.74 Å². The second kappa shape index (κ2) is 5.90. The Labute approximate surface area is 116 Å². The zero-order valence-electron chi connectivity index (χ0n) is 11.1. The molecular formula is C14H16FNO4. The molecule has 1 saturated heterocycles. The van der Waals surface area contributed by atoms with E-state index in [1.165, 1.54) is 24.1 Å². The number of carbonyl (C=O) groups is 2. The molecule has 0 radical (unpaired) electrons. The topological polar surface area (TPSA) is 66.8 Å². The molecule has 5 nitrogen and oxygen atoms in total. The number of hydrogen-bond acceptors (Lipinski definition) is 3. The number of rotatable bonds is 2. The van der Waals surface area contributed by atoms with E-state index in [9.17, 15) is 14.0 Å². The van der Waals surface area contributed by atoms with E-state index >= 15 is 0 Å². The minimum Gasteiger partial charge on any atom is -0.465 e. The zero-order chi connectivity index (χ0) is 14.7. The molecule has 1 aliphatic heterocycles. The van der Waals surface area contributed by atoms with Gasteiger partial charge >= 0.3 is 12.1 Å². The maximum absolute atomic E-state index is 13.9. The van der Waals surface area contributed by atoms with E-state index < -0.39 is 17.9 Å². The third kappa shape index (κ3) is 2.89. The van der Waals surface area contributed by atoms with Gasteiger partial charge < -0.3 is 14.7 Å². The fraction of sp³-hybridized carbons (Fsp3) is 0.429. The van der Waals surface area contributed by atoms with Crippen molar-refractivity contribution in [1.82, 2.24) is 4.90 Å². The molecule has 2 rings (SSSR count). The number of halogens is 1. The second-order valence-corrected chi connectivity index (χ2v) is 4.80. The van der Waals surface area contributed by atoms with E-state index in [-0.39, 0.29) is 11.5 Å². The van der Waals surface area contributed by atoms with Crippen LogP contribution >= 0.6 is 0 Å². The highest BCUT2D eigenvalue weighted by Crippen LogP contribution is 2.28. The van der Waals surface area contributed by atoms with E-state index in [0.717, 1.165) is 12.8 Å². The molecule has 1 aromatic carbocycles. The molecule has 108 valence electrons. The van der Waals surface area contributed by atoms with Crippen LogP contribution in [-0.4, -0.2) is 42.3 Å². The van der Waals surface area contributed by atoms with Crippen LogP contribution in [0.1, 0.15) is 34.7 Å². The van der Waals surface area contributed by atoms with Crippen molar-refractivity contribution < 1.29 is 23.8 Å². The molecule has 1 N–H and O–H groups in total. The summed E-state index contributed by atoms with van der Waals surface area (Å²) < 4.78 is 18.4. The van der Waals surface area contributed by atoms with Gasteiger partial charge in [-0.15, -0.1) is 0 Å². The summed E-state index contributed by atoms with van der Waals surface area (Å²) in [4.78, 5) is 23.6. The predicted molar refractivity (Wildman–Crippen MR) is 69.3 cm³/mol. The van der Waals surface area contributed by atoms with E-state index in [0.29, 0.717) is 18.7 Å². The van der Waals surface area contributed by atoms with Gasteiger partial charge in [0.05, 0.1) is 12.7 Å². The lowest BCUT2D eigenvalue weighted by Crippen LogP contribution is -2.38. The number of methoxy groups -OCH3 is 1. The summed E-state index contributed by atoms with van der Waals surface area (Å²) in [5.74, 6) is -1.40. The molecule has 0 aliphatic carbocycles. The maximum Gasteiger partial charge on any atom is 0.407 e. The standard InChI is InChI=1S/C14H16FNO4/c1-20-13(17)11-5-4-9(7-12(11)15)10-3-2-6-16(8-10)14(18)19/h4-5,7,10H,2-3,6,8H2,1H3,(H,18,19). The van der Waals surface area contributed by atoms with Gasteiger partial charge in [0.2, 0.25) is 0 Å². The molecule has 1 atom stereocenters. The lowest BCUT2D eigenvalue weighted by atomic mass is 9.90. The molecule has 1 fully saturated rings. The van der Waals surface area contributed by atoms with Gasteiger partial charge in [0, 0.05) is 19.0 Å². The predicted octanol–water partition coefficient (Wildman–Crippen LogP) is 2.47. The number of carboxylic acid groups (broad SMARTS) is 1. The van der Waals surface area contributed by atoms with Crippen LogP contribution in [0.2, 0.25) is 0 Å². The summed E-state index contributed by atoms with van der Waals surface area (Å²) in [6.07, 6.45) is 0.597. The van der Waals surface area contributed by atoms with Crippen LogP contribution in [0.5, 0.6) is 0 Å². The number of benzene rings is 1. The molecule has 20 heavy (non-hydrogen) atoms. The third-order valence-electron chi connectivity index (χ3n) is 3.56. The molecule has 1 aliphatic rings.